The highest BCUT2D eigenvalue weighted by Crippen LogP contribution is 2.19. The van der Waals surface area contributed by atoms with Crippen LogP contribution in [0.1, 0.15) is 28.4 Å². The van der Waals surface area contributed by atoms with Crippen molar-refractivity contribution in [2.75, 3.05) is 26.2 Å². The van der Waals surface area contributed by atoms with Crippen molar-refractivity contribution in [1.82, 2.24) is 9.21 Å². The smallest absolute Gasteiger partial charge is 0.246 e. The summed E-state index contributed by atoms with van der Waals surface area (Å²) in [7, 11) is -3.70. The molecule has 0 aromatic heterocycles. The molecule has 2 aromatic carbocycles. The first kappa shape index (κ1) is 21.0. The number of carbonyl (C=O) groups is 2. The van der Waals surface area contributed by atoms with Crippen LogP contribution in [0.5, 0.6) is 0 Å². The van der Waals surface area contributed by atoms with Gasteiger partial charge in [-0.05, 0) is 37.6 Å². The summed E-state index contributed by atoms with van der Waals surface area (Å²) in [6.07, 6.45) is 3.29. The monoisotopic (exact) mass is 412 g/mol. The maximum Gasteiger partial charge on any atom is 0.246 e. The van der Waals surface area contributed by atoms with Crippen molar-refractivity contribution in [3.63, 3.8) is 0 Å². The third kappa shape index (κ3) is 4.99. The van der Waals surface area contributed by atoms with Gasteiger partial charge < -0.3 is 4.90 Å². The molecule has 0 N–H and O–H groups in total. The van der Waals surface area contributed by atoms with E-state index in [0.29, 0.717) is 18.7 Å². The summed E-state index contributed by atoms with van der Waals surface area (Å²) >= 11 is 0. The minimum atomic E-state index is -3.70. The van der Waals surface area contributed by atoms with Gasteiger partial charge in [-0.1, -0.05) is 42.0 Å². The average molecular weight is 413 g/mol. The lowest BCUT2D eigenvalue weighted by molar-refractivity contribution is -0.127. The van der Waals surface area contributed by atoms with Crippen LogP contribution in [0.2, 0.25) is 0 Å². The number of ketones is 1. The zero-order valence-corrected chi connectivity index (χ0v) is 17.4. The van der Waals surface area contributed by atoms with Gasteiger partial charge in [-0.25, -0.2) is 8.42 Å². The molecule has 0 spiro atoms. The molecule has 1 amide bonds. The van der Waals surface area contributed by atoms with Crippen molar-refractivity contribution in [1.29, 1.82) is 0 Å². The van der Waals surface area contributed by atoms with Gasteiger partial charge in [0.25, 0.3) is 0 Å². The Labute approximate surface area is 171 Å². The largest absolute Gasteiger partial charge is 0.337 e. The average Bonchev–Trinajstić information content (AvgIpc) is 2.72. The zero-order chi connectivity index (χ0) is 21.0. The van der Waals surface area contributed by atoms with Gasteiger partial charge in [0.2, 0.25) is 15.9 Å². The Morgan fingerprint density at radius 1 is 0.966 bits per heavy atom. The number of nitrogens with zero attached hydrogens (tertiary/aromatic N) is 2. The topological polar surface area (TPSA) is 74.8 Å². The molecule has 3 rings (SSSR count). The van der Waals surface area contributed by atoms with Gasteiger partial charge in [0.05, 0.1) is 4.90 Å². The molecule has 1 heterocycles. The molecule has 6 nitrogen and oxygen atoms in total. The molecule has 0 bridgehead atoms. The van der Waals surface area contributed by atoms with E-state index < -0.39 is 10.0 Å². The second kappa shape index (κ2) is 8.71. The fraction of sp³-hybridized carbons (Fsp3) is 0.273. The summed E-state index contributed by atoms with van der Waals surface area (Å²) in [5, 5.41) is 0. The number of aryl methyl sites for hydroxylation is 1. The molecule has 152 valence electrons. The van der Waals surface area contributed by atoms with Crippen LogP contribution in [0.25, 0.3) is 6.08 Å². The summed E-state index contributed by atoms with van der Waals surface area (Å²) in [5.41, 5.74) is 2.43. The van der Waals surface area contributed by atoms with Crippen LogP contribution in [-0.2, 0) is 14.8 Å². The number of piperazine rings is 1. The predicted molar refractivity (Wildman–Crippen MR) is 112 cm³/mol. The Balaban J connectivity index is 1.64. The van der Waals surface area contributed by atoms with Crippen molar-refractivity contribution < 1.29 is 18.0 Å². The molecule has 29 heavy (non-hydrogen) atoms. The number of Topliss-reactive ketones (excluding diaryl/α,β-unsaturated/α-hetero) is 1. The highest BCUT2D eigenvalue weighted by atomic mass is 32.2. The van der Waals surface area contributed by atoms with E-state index in [9.17, 15) is 18.0 Å². The molecule has 0 aliphatic carbocycles. The molecule has 0 unspecified atom stereocenters. The summed E-state index contributed by atoms with van der Waals surface area (Å²) < 4.78 is 27.1. The highest BCUT2D eigenvalue weighted by molar-refractivity contribution is 7.89. The van der Waals surface area contributed by atoms with Gasteiger partial charge in [-0.2, -0.15) is 4.31 Å². The zero-order valence-electron chi connectivity index (χ0n) is 16.5. The van der Waals surface area contributed by atoms with Crippen LogP contribution >= 0.6 is 0 Å². The molecule has 2 aromatic rings. The molecule has 0 saturated carbocycles. The number of hydrogen-bond acceptors (Lipinski definition) is 4. The maximum atomic E-state index is 12.9. The number of hydrogen-bond donors (Lipinski definition) is 0. The SMILES string of the molecule is CC(=O)c1cccc(S(=O)(=O)N2CCN(C(=O)/C=C/c3cccc(C)c3)CC2)c1. The Kier molecular flexibility index (Phi) is 6.30. The molecule has 0 radical (unpaired) electrons. The van der Waals surface area contributed by atoms with E-state index in [4.69, 9.17) is 0 Å². The second-order valence-corrected chi connectivity index (χ2v) is 9.00. The van der Waals surface area contributed by atoms with Crippen LogP contribution < -0.4 is 0 Å². The van der Waals surface area contributed by atoms with Gasteiger partial charge in [0.1, 0.15) is 0 Å². The number of amides is 1. The molecule has 1 saturated heterocycles. The van der Waals surface area contributed by atoms with E-state index in [0.717, 1.165) is 11.1 Å². The third-order valence-corrected chi connectivity index (χ3v) is 6.78. The predicted octanol–water partition coefficient (Wildman–Crippen LogP) is 2.74. The lowest BCUT2D eigenvalue weighted by atomic mass is 10.1. The van der Waals surface area contributed by atoms with Crippen LogP contribution in [0.4, 0.5) is 0 Å². The quantitative estimate of drug-likeness (QED) is 0.559. The molecular weight excluding hydrogens is 388 g/mol. The van der Waals surface area contributed by atoms with E-state index in [2.05, 4.69) is 0 Å². The number of benzene rings is 2. The first-order chi connectivity index (χ1) is 13.8. The standard InChI is InChI=1S/C22H24N2O4S/c1-17-5-3-6-19(15-17)9-10-22(26)23-11-13-24(14-12-23)29(27,28)21-8-4-7-20(16-21)18(2)25/h3-10,15-16H,11-14H2,1-2H3/b10-9+. The van der Waals surface area contributed by atoms with Gasteiger partial charge in [-0.15, -0.1) is 0 Å². The Morgan fingerprint density at radius 3 is 2.31 bits per heavy atom. The highest BCUT2D eigenvalue weighted by Gasteiger charge is 2.29. The number of carbonyl (C=O) groups excluding carboxylic acids is 2. The fourth-order valence-electron chi connectivity index (χ4n) is 3.22. The van der Waals surface area contributed by atoms with E-state index >= 15 is 0 Å². The van der Waals surface area contributed by atoms with Crippen LogP contribution in [0.15, 0.2) is 59.5 Å². The first-order valence-electron chi connectivity index (χ1n) is 9.42. The van der Waals surface area contributed by atoms with E-state index in [1.54, 1.807) is 23.1 Å². The molecule has 0 atom stereocenters. The van der Waals surface area contributed by atoms with Crippen LogP contribution in [0.3, 0.4) is 0 Å². The molecule has 1 aliphatic rings. The van der Waals surface area contributed by atoms with E-state index in [-0.39, 0.29) is 29.7 Å². The lowest BCUT2D eigenvalue weighted by Gasteiger charge is -2.33. The summed E-state index contributed by atoms with van der Waals surface area (Å²) in [4.78, 5) is 25.7. The number of rotatable bonds is 5. The van der Waals surface area contributed by atoms with Gasteiger partial charge in [-0.3, -0.25) is 9.59 Å². The Morgan fingerprint density at radius 2 is 1.66 bits per heavy atom. The summed E-state index contributed by atoms with van der Waals surface area (Å²) in [6.45, 7) is 4.48. The van der Waals surface area contributed by atoms with Crippen molar-refractivity contribution in [3.05, 3.63) is 71.3 Å². The minimum Gasteiger partial charge on any atom is -0.337 e. The Hall–Kier alpha value is -2.77. The van der Waals surface area contributed by atoms with Crippen molar-refractivity contribution >= 4 is 27.8 Å². The van der Waals surface area contributed by atoms with E-state index in [1.807, 2.05) is 31.2 Å². The van der Waals surface area contributed by atoms with Crippen LogP contribution in [0, 0.1) is 6.92 Å². The molecular formula is C22H24N2O4S. The van der Waals surface area contributed by atoms with Gasteiger partial charge in [0.15, 0.2) is 5.78 Å². The minimum absolute atomic E-state index is 0.101. The summed E-state index contributed by atoms with van der Waals surface area (Å²) in [5.74, 6) is -0.319. The van der Waals surface area contributed by atoms with Gasteiger partial charge >= 0.3 is 0 Å². The van der Waals surface area contributed by atoms with Crippen molar-refractivity contribution in [3.8, 4) is 0 Å². The maximum absolute atomic E-state index is 12.9. The van der Waals surface area contributed by atoms with Crippen molar-refractivity contribution in [2.45, 2.75) is 18.7 Å². The fourth-order valence-corrected chi connectivity index (χ4v) is 4.69. The third-order valence-electron chi connectivity index (χ3n) is 4.89. The van der Waals surface area contributed by atoms with E-state index in [1.165, 1.54) is 29.4 Å². The molecule has 7 heteroatoms. The normalized spacial score (nSPS) is 15.6. The molecule has 1 fully saturated rings. The molecule has 1 aliphatic heterocycles. The summed E-state index contributed by atoms with van der Waals surface area (Å²) in [6, 6.07) is 13.9. The Bertz CT molecular complexity index is 1050. The van der Waals surface area contributed by atoms with Crippen LogP contribution in [-0.4, -0.2) is 55.5 Å². The van der Waals surface area contributed by atoms with Crippen molar-refractivity contribution in [2.24, 2.45) is 0 Å². The van der Waals surface area contributed by atoms with Gasteiger partial charge in [0, 0.05) is 37.8 Å². The second-order valence-electron chi connectivity index (χ2n) is 7.06. The first-order valence-corrected chi connectivity index (χ1v) is 10.9. The number of sulfonamides is 1. The lowest BCUT2D eigenvalue weighted by Crippen LogP contribution is -2.50.